The zero-order valence-electron chi connectivity index (χ0n) is 11.4. The van der Waals surface area contributed by atoms with Crippen LogP contribution in [0.3, 0.4) is 0 Å². The van der Waals surface area contributed by atoms with Crippen molar-refractivity contribution in [3.05, 3.63) is 0 Å². The second-order valence-electron chi connectivity index (χ2n) is 4.68. The number of rotatable bonds is 10. The molecule has 0 spiro atoms. The van der Waals surface area contributed by atoms with E-state index in [1.165, 1.54) is 0 Å². The van der Waals surface area contributed by atoms with E-state index in [4.69, 9.17) is 15.3 Å². The summed E-state index contributed by atoms with van der Waals surface area (Å²) in [7, 11) is 3.62. The molecule has 2 atom stereocenters. The van der Waals surface area contributed by atoms with Crippen molar-refractivity contribution in [2.24, 2.45) is 0 Å². The van der Waals surface area contributed by atoms with Crippen molar-refractivity contribution in [3.63, 3.8) is 0 Å². The maximum absolute atomic E-state index is 11.1. The van der Waals surface area contributed by atoms with Gasteiger partial charge in [0, 0.05) is 0 Å². The maximum atomic E-state index is 11.1. The van der Waals surface area contributed by atoms with Gasteiger partial charge in [-0.3, -0.25) is 9.59 Å². The van der Waals surface area contributed by atoms with Gasteiger partial charge in [0.25, 0.3) is 0 Å². The van der Waals surface area contributed by atoms with Gasteiger partial charge in [-0.25, -0.2) is 4.79 Å². The van der Waals surface area contributed by atoms with E-state index >= 15 is 0 Å². The molecule has 20 heavy (non-hydrogen) atoms. The van der Waals surface area contributed by atoms with E-state index in [2.05, 4.69) is 5.32 Å². The second-order valence-corrected chi connectivity index (χ2v) is 4.68. The number of nitrogens with zero attached hydrogens (tertiary/aromatic N) is 1. The van der Waals surface area contributed by atoms with Crippen LogP contribution in [0.5, 0.6) is 0 Å². The van der Waals surface area contributed by atoms with Gasteiger partial charge in [0.2, 0.25) is 0 Å². The quantitative estimate of drug-likeness (QED) is 0.296. The van der Waals surface area contributed by atoms with Gasteiger partial charge in [-0.2, -0.15) is 0 Å². The van der Waals surface area contributed by atoms with Crippen molar-refractivity contribution in [1.82, 2.24) is 10.2 Å². The van der Waals surface area contributed by atoms with Gasteiger partial charge in [0.15, 0.2) is 5.60 Å². The van der Waals surface area contributed by atoms with E-state index in [0.29, 0.717) is 13.0 Å². The zero-order valence-corrected chi connectivity index (χ0v) is 11.4. The molecule has 0 aliphatic heterocycles. The van der Waals surface area contributed by atoms with E-state index in [9.17, 15) is 19.5 Å². The molecule has 9 heteroatoms. The Balaban J connectivity index is 4.88. The molecule has 0 amide bonds. The van der Waals surface area contributed by atoms with Crippen molar-refractivity contribution < 1.29 is 34.8 Å². The Morgan fingerprint density at radius 3 is 2.10 bits per heavy atom. The van der Waals surface area contributed by atoms with Crippen molar-refractivity contribution in [3.8, 4) is 0 Å². The summed E-state index contributed by atoms with van der Waals surface area (Å²) >= 11 is 0. The second kappa shape index (κ2) is 7.78. The van der Waals surface area contributed by atoms with Gasteiger partial charge in [-0.15, -0.1) is 0 Å². The van der Waals surface area contributed by atoms with Crippen LogP contribution in [0.25, 0.3) is 0 Å². The summed E-state index contributed by atoms with van der Waals surface area (Å²) in [6.45, 7) is 0.758. The Morgan fingerprint density at radius 1 is 1.20 bits per heavy atom. The number of carbonyl (C=O) groups is 3. The minimum absolute atomic E-state index is 0.129. The minimum atomic E-state index is -2.91. The largest absolute Gasteiger partial charge is 0.481 e. The standard InChI is InChI=1S/C11H20N2O7/c1-13(2)5-3-4-12-8(9(16)17)11(20,10(18)19)6-7(14)15/h8,12,20H,3-6H2,1-2H3,(H,14,15)(H,16,17)(H,18,19). The van der Waals surface area contributed by atoms with Crippen LogP contribution >= 0.6 is 0 Å². The van der Waals surface area contributed by atoms with E-state index < -0.39 is 36.0 Å². The maximum Gasteiger partial charge on any atom is 0.338 e. The number of aliphatic hydroxyl groups is 1. The van der Waals surface area contributed by atoms with Gasteiger partial charge < -0.3 is 30.6 Å². The molecule has 0 bridgehead atoms. The van der Waals surface area contributed by atoms with Crippen LogP contribution in [0.15, 0.2) is 0 Å². The molecule has 0 aliphatic carbocycles. The summed E-state index contributed by atoms with van der Waals surface area (Å²) in [6, 6.07) is -1.90. The van der Waals surface area contributed by atoms with Crippen molar-refractivity contribution in [2.75, 3.05) is 27.2 Å². The molecule has 116 valence electrons. The molecule has 9 nitrogen and oxygen atoms in total. The monoisotopic (exact) mass is 292 g/mol. The first-order valence-corrected chi connectivity index (χ1v) is 5.89. The summed E-state index contributed by atoms with van der Waals surface area (Å²) in [5.41, 5.74) is -2.91. The lowest BCUT2D eigenvalue weighted by Crippen LogP contribution is -2.61. The first-order chi connectivity index (χ1) is 9.11. The van der Waals surface area contributed by atoms with Crippen LogP contribution in [0.1, 0.15) is 12.8 Å². The minimum Gasteiger partial charge on any atom is -0.481 e. The molecule has 0 aromatic rings. The van der Waals surface area contributed by atoms with Crippen LogP contribution < -0.4 is 5.32 Å². The predicted molar refractivity (Wildman–Crippen MR) is 67.4 cm³/mol. The number of hydrogen-bond donors (Lipinski definition) is 5. The molecule has 0 saturated carbocycles. The van der Waals surface area contributed by atoms with Gasteiger partial charge in [0.1, 0.15) is 6.04 Å². The van der Waals surface area contributed by atoms with E-state index in [1.807, 2.05) is 19.0 Å². The molecule has 0 heterocycles. The van der Waals surface area contributed by atoms with Crippen LogP contribution in [0.2, 0.25) is 0 Å². The number of aliphatic carboxylic acids is 3. The SMILES string of the molecule is CN(C)CCCNC(C(=O)O)C(O)(CC(=O)O)C(=O)O. The lowest BCUT2D eigenvalue weighted by molar-refractivity contribution is -0.174. The van der Waals surface area contributed by atoms with Gasteiger partial charge in [0.05, 0.1) is 6.42 Å². The van der Waals surface area contributed by atoms with Gasteiger partial charge >= 0.3 is 17.9 Å². The van der Waals surface area contributed by atoms with Crippen LogP contribution in [0, 0.1) is 0 Å². The van der Waals surface area contributed by atoms with E-state index in [1.54, 1.807) is 0 Å². The number of nitrogens with one attached hydrogen (secondary N) is 1. The molecule has 0 fully saturated rings. The lowest BCUT2D eigenvalue weighted by atomic mass is 9.90. The van der Waals surface area contributed by atoms with Gasteiger partial charge in [-0.1, -0.05) is 0 Å². The Labute approximate surface area is 115 Å². The molecule has 0 aliphatic rings. The van der Waals surface area contributed by atoms with Crippen LogP contribution in [-0.4, -0.2) is 82.1 Å². The molecule has 0 radical (unpaired) electrons. The highest BCUT2D eigenvalue weighted by molar-refractivity contribution is 5.91. The Morgan fingerprint density at radius 2 is 1.75 bits per heavy atom. The first-order valence-electron chi connectivity index (χ1n) is 5.89. The van der Waals surface area contributed by atoms with Crippen LogP contribution in [-0.2, 0) is 14.4 Å². The average Bonchev–Trinajstić information content (AvgIpc) is 2.26. The fraction of sp³-hybridized carbons (Fsp3) is 0.727. The summed E-state index contributed by atoms with van der Waals surface area (Å²) in [4.78, 5) is 34.5. The Bertz CT molecular complexity index is 372. The molecular formula is C11H20N2O7. The van der Waals surface area contributed by atoms with Crippen molar-refractivity contribution >= 4 is 17.9 Å². The van der Waals surface area contributed by atoms with Crippen LogP contribution in [0.4, 0.5) is 0 Å². The molecule has 5 N–H and O–H groups in total. The number of carboxylic acids is 3. The fourth-order valence-electron chi connectivity index (χ4n) is 1.63. The normalized spacial score (nSPS) is 15.6. The fourth-order valence-corrected chi connectivity index (χ4v) is 1.63. The Kier molecular flexibility index (Phi) is 7.11. The number of hydrogen-bond acceptors (Lipinski definition) is 6. The highest BCUT2D eigenvalue weighted by atomic mass is 16.4. The molecule has 0 aromatic carbocycles. The topological polar surface area (TPSA) is 147 Å². The first kappa shape index (κ1) is 18.3. The average molecular weight is 292 g/mol. The number of carboxylic acid groups (broad SMARTS) is 3. The molecule has 0 rings (SSSR count). The third-order valence-electron chi connectivity index (χ3n) is 2.65. The summed E-state index contributed by atoms with van der Waals surface area (Å²) in [5, 5.41) is 38.8. The predicted octanol–water partition coefficient (Wildman–Crippen LogP) is -1.73. The molecular weight excluding hydrogens is 272 g/mol. The van der Waals surface area contributed by atoms with Crippen molar-refractivity contribution in [2.45, 2.75) is 24.5 Å². The highest BCUT2D eigenvalue weighted by Gasteiger charge is 2.50. The molecule has 2 unspecified atom stereocenters. The summed E-state index contributed by atoms with van der Waals surface area (Å²) < 4.78 is 0. The summed E-state index contributed by atoms with van der Waals surface area (Å²) in [5.74, 6) is -5.12. The summed E-state index contributed by atoms with van der Waals surface area (Å²) in [6.07, 6.45) is -0.695. The third kappa shape index (κ3) is 5.51. The Hall–Kier alpha value is -1.71. The van der Waals surface area contributed by atoms with Crippen molar-refractivity contribution in [1.29, 1.82) is 0 Å². The molecule has 0 aromatic heterocycles. The zero-order chi connectivity index (χ0) is 15.9. The third-order valence-corrected chi connectivity index (χ3v) is 2.65. The molecule has 0 saturated heterocycles. The van der Waals surface area contributed by atoms with E-state index in [0.717, 1.165) is 0 Å². The van der Waals surface area contributed by atoms with Gasteiger partial charge in [-0.05, 0) is 33.6 Å². The smallest absolute Gasteiger partial charge is 0.338 e. The highest BCUT2D eigenvalue weighted by Crippen LogP contribution is 2.17. The van der Waals surface area contributed by atoms with E-state index in [-0.39, 0.29) is 6.54 Å². The lowest BCUT2D eigenvalue weighted by Gasteiger charge is -2.29.